The Bertz CT molecular complexity index is 2590. The molecule has 11 rings (SSSR count). The average molecular weight is 626 g/mol. The molecule has 1 aliphatic carbocycles. The van der Waals surface area contributed by atoms with Gasteiger partial charge in [0, 0.05) is 28.3 Å². The molecule has 49 heavy (non-hydrogen) atoms. The molecule has 1 spiro atoms. The van der Waals surface area contributed by atoms with Crippen molar-refractivity contribution in [3.8, 4) is 22.6 Å². The quantitative estimate of drug-likeness (QED) is 0.179. The maximum atomic E-state index is 6.65. The van der Waals surface area contributed by atoms with Gasteiger partial charge in [0.1, 0.15) is 17.2 Å². The Kier molecular flexibility index (Phi) is 5.37. The molecule has 7 aromatic carbocycles. The molecule has 3 heterocycles. The Morgan fingerprint density at radius 3 is 1.94 bits per heavy atom. The Morgan fingerprint density at radius 2 is 1.18 bits per heavy atom. The van der Waals surface area contributed by atoms with Gasteiger partial charge in [-0.25, -0.2) is 0 Å². The zero-order valence-electron chi connectivity index (χ0n) is 26.5. The molecule has 0 radical (unpaired) electrons. The van der Waals surface area contributed by atoms with Crippen LogP contribution in [0.3, 0.4) is 0 Å². The largest absolute Gasteiger partial charge is 0.457 e. The van der Waals surface area contributed by atoms with Crippen LogP contribution in [0.25, 0.3) is 27.5 Å². The summed E-state index contributed by atoms with van der Waals surface area (Å²) in [5.74, 6) is 2.83. The molecule has 0 bridgehead atoms. The summed E-state index contributed by atoms with van der Waals surface area (Å²) in [6.45, 7) is 0. The number of ether oxygens (including phenoxy) is 1. The van der Waals surface area contributed by atoms with Gasteiger partial charge in [-0.05, 0) is 67.8 Å². The summed E-state index contributed by atoms with van der Waals surface area (Å²) in [6, 6.07) is 59.0. The molecular formula is C46H29N2O+. The van der Waals surface area contributed by atoms with Gasteiger partial charge < -0.3 is 4.74 Å². The van der Waals surface area contributed by atoms with Crippen LogP contribution in [0.1, 0.15) is 45.1 Å². The minimum atomic E-state index is -0.562. The van der Waals surface area contributed by atoms with Gasteiger partial charge in [-0.1, -0.05) is 140 Å². The van der Waals surface area contributed by atoms with Gasteiger partial charge in [-0.15, -0.1) is 0 Å². The van der Waals surface area contributed by atoms with Crippen LogP contribution >= 0.6 is 0 Å². The van der Waals surface area contributed by atoms with Crippen LogP contribution in [0, 0.1) is 0 Å². The molecule has 3 aliphatic heterocycles. The van der Waals surface area contributed by atoms with Crippen molar-refractivity contribution in [3.05, 3.63) is 209 Å². The highest BCUT2D eigenvalue weighted by atomic mass is 16.5. The summed E-state index contributed by atoms with van der Waals surface area (Å²) in [7, 11) is 0. The second kappa shape index (κ2) is 9.85. The van der Waals surface area contributed by atoms with E-state index in [0.29, 0.717) is 0 Å². The summed E-state index contributed by atoms with van der Waals surface area (Å²) in [5.41, 5.74) is 12.8. The fourth-order valence-corrected chi connectivity index (χ4v) is 8.75. The van der Waals surface area contributed by atoms with Crippen LogP contribution in [-0.4, -0.2) is 16.1 Å². The summed E-state index contributed by atoms with van der Waals surface area (Å²) in [4.78, 5) is 5.36. The standard InChI is InChI=1S/C46H29N2O/c1-3-13-29(14-4-1)36-28-40(31-16-5-2-6-17-31)48-44(47-45(36)48)32-24-25-34-35-26-23-30-15-7-8-18-33(30)43(35)46(39(34)27-32)37-19-9-11-21-41(37)49-42-22-12-10-20-38(42)46/h1-28,44H/q+1. The lowest BCUT2D eigenvalue weighted by Gasteiger charge is -2.40. The van der Waals surface area contributed by atoms with E-state index in [0.717, 1.165) is 17.3 Å². The monoisotopic (exact) mass is 625 g/mol. The Morgan fingerprint density at radius 1 is 0.551 bits per heavy atom. The number of fused-ring (bicyclic) bond motifs is 12. The van der Waals surface area contributed by atoms with Gasteiger partial charge in [0.15, 0.2) is 0 Å². The van der Waals surface area contributed by atoms with E-state index < -0.39 is 5.41 Å². The molecule has 1 atom stereocenters. The van der Waals surface area contributed by atoms with E-state index in [9.17, 15) is 0 Å². The van der Waals surface area contributed by atoms with Crippen LogP contribution in [0.15, 0.2) is 175 Å². The average Bonchev–Trinajstić information content (AvgIpc) is 3.62. The number of nitrogens with zero attached hydrogens (tertiary/aromatic N) is 2. The molecule has 0 saturated heterocycles. The lowest BCUT2D eigenvalue weighted by atomic mass is 9.65. The Balaban J connectivity index is 1.18. The van der Waals surface area contributed by atoms with Crippen LogP contribution < -0.4 is 4.74 Å². The highest BCUT2D eigenvalue weighted by Gasteiger charge is 2.54. The van der Waals surface area contributed by atoms with Crippen molar-refractivity contribution in [1.29, 1.82) is 0 Å². The molecule has 3 heteroatoms. The molecule has 0 fully saturated rings. The van der Waals surface area contributed by atoms with Crippen LogP contribution in [0.5, 0.6) is 11.5 Å². The molecule has 3 nitrogen and oxygen atoms in total. The summed E-state index contributed by atoms with van der Waals surface area (Å²) in [5, 5.41) is 2.51. The van der Waals surface area contributed by atoms with Crippen molar-refractivity contribution in [2.45, 2.75) is 11.6 Å². The molecule has 0 saturated carbocycles. The first-order valence-electron chi connectivity index (χ1n) is 16.9. The van der Waals surface area contributed by atoms with Gasteiger partial charge in [-0.2, -0.15) is 4.58 Å². The lowest BCUT2D eigenvalue weighted by molar-refractivity contribution is -0.484. The van der Waals surface area contributed by atoms with E-state index in [2.05, 4.69) is 174 Å². The van der Waals surface area contributed by atoms with Gasteiger partial charge >= 0.3 is 12.0 Å². The molecule has 4 aliphatic rings. The van der Waals surface area contributed by atoms with Crippen molar-refractivity contribution in [2.75, 3.05) is 0 Å². The predicted molar refractivity (Wildman–Crippen MR) is 197 cm³/mol. The third kappa shape index (κ3) is 3.51. The maximum Gasteiger partial charge on any atom is 0.335 e. The summed E-state index contributed by atoms with van der Waals surface area (Å²) < 4.78 is 9.08. The van der Waals surface area contributed by atoms with Crippen molar-refractivity contribution in [2.24, 2.45) is 4.99 Å². The Hall–Kier alpha value is -6.32. The number of rotatable bonds is 3. The number of hydrogen-bond donors (Lipinski definition) is 0. The zero-order valence-corrected chi connectivity index (χ0v) is 26.5. The van der Waals surface area contributed by atoms with Crippen molar-refractivity contribution in [1.82, 2.24) is 0 Å². The van der Waals surface area contributed by atoms with Crippen molar-refractivity contribution in [3.63, 3.8) is 0 Å². The number of hydrogen-bond acceptors (Lipinski definition) is 2. The van der Waals surface area contributed by atoms with Gasteiger partial charge in [0.2, 0.25) is 0 Å². The number of para-hydroxylation sites is 2. The highest BCUT2D eigenvalue weighted by Crippen LogP contribution is 2.63. The van der Waals surface area contributed by atoms with E-state index in [4.69, 9.17) is 9.73 Å². The van der Waals surface area contributed by atoms with E-state index in [1.807, 2.05) is 0 Å². The summed E-state index contributed by atoms with van der Waals surface area (Å²) >= 11 is 0. The number of allylic oxidation sites excluding steroid dienone is 1. The smallest absolute Gasteiger partial charge is 0.335 e. The number of aliphatic imine (C=N–C) groups is 1. The minimum absolute atomic E-state index is 0.143. The molecule has 7 aromatic rings. The molecule has 0 aromatic heterocycles. The normalized spacial score (nSPS) is 17.3. The van der Waals surface area contributed by atoms with Crippen LogP contribution in [0.4, 0.5) is 0 Å². The van der Waals surface area contributed by atoms with E-state index in [-0.39, 0.29) is 6.17 Å². The third-order valence-corrected chi connectivity index (χ3v) is 10.8. The SMILES string of the molecule is C1=C(c2ccccc2)C2=NC(c3ccc4c(c3)C3(c5ccccc5Oc5ccccc53)c3c-4ccc4ccccc34)[N+]2=C1c1ccccc1. The van der Waals surface area contributed by atoms with E-state index in [1.165, 1.54) is 72.1 Å². The van der Waals surface area contributed by atoms with Gasteiger partial charge in [-0.3, -0.25) is 0 Å². The summed E-state index contributed by atoms with van der Waals surface area (Å²) in [6.07, 6.45) is 2.17. The first kappa shape index (κ1) is 26.7. The van der Waals surface area contributed by atoms with Crippen molar-refractivity contribution >= 4 is 27.9 Å². The second-order valence-corrected chi connectivity index (χ2v) is 13.2. The lowest BCUT2D eigenvalue weighted by Crippen LogP contribution is -2.36. The third-order valence-electron chi connectivity index (χ3n) is 10.8. The second-order valence-electron chi connectivity index (χ2n) is 13.2. The highest BCUT2D eigenvalue weighted by molar-refractivity contribution is 6.32. The topological polar surface area (TPSA) is 24.6 Å². The molecule has 0 N–H and O–H groups in total. The van der Waals surface area contributed by atoms with Crippen LogP contribution in [0.2, 0.25) is 0 Å². The Labute approximate surface area is 284 Å². The number of benzene rings is 7. The maximum absolute atomic E-state index is 6.65. The van der Waals surface area contributed by atoms with E-state index >= 15 is 0 Å². The molecule has 1 unspecified atom stereocenters. The molecular weight excluding hydrogens is 597 g/mol. The van der Waals surface area contributed by atoms with Gasteiger partial charge in [0.25, 0.3) is 0 Å². The minimum Gasteiger partial charge on any atom is -0.457 e. The first-order chi connectivity index (χ1) is 24.3. The first-order valence-corrected chi connectivity index (χ1v) is 16.9. The van der Waals surface area contributed by atoms with Crippen molar-refractivity contribution < 1.29 is 9.31 Å². The molecule has 228 valence electrons. The van der Waals surface area contributed by atoms with Gasteiger partial charge in [0.05, 0.1) is 11.0 Å². The fourth-order valence-electron chi connectivity index (χ4n) is 8.75. The predicted octanol–water partition coefficient (Wildman–Crippen LogP) is 10.3. The van der Waals surface area contributed by atoms with Crippen LogP contribution in [-0.2, 0) is 5.41 Å². The fraction of sp³-hybridized carbons (Fsp3) is 0.0435. The zero-order chi connectivity index (χ0) is 32.1. The number of amidine groups is 1. The van der Waals surface area contributed by atoms with E-state index in [1.54, 1.807) is 0 Å². The molecule has 0 amide bonds.